The second-order valence-electron chi connectivity index (χ2n) is 14.3. The standard InChI is InChI=1S/C41H46BrN9O5/c1-26(52)31-5-3-4-6-33(31)45-39-32(42)24-43-41(48-39)46-34-12-11-30(23-36(34)56-2)50-19-21-51(22-20-50)38(54)25-49-17-15-28(16-18-49)27-7-9-29(10-8-27)44-35-13-14-37(53)47-40(35)55/h3-12,23-24,28,35,44H,13-22,25H2,1-2H3,(H,47,53,55)(H2,43,45,46,48). The summed E-state index contributed by atoms with van der Waals surface area (Å²) in [7, 11) is 1.62. The first kappa shape index (κ1) is 38.7. The molecule has 3 amide bonds. The first-order chi connectivity index (χ1) is 27.1. The maximum Gasteiger partial charge on any atom is 0.249 e. The van der Waals surface area contributed by atoms with Gasteiger partial charge in [0.1, 0.15) is 17.6 Å². The summed E-state index contributed by atoms with van der Waals surface area (Å²) in [6.07, 6.45) is 4.45. The first-order valence-corrected chi connectivity index (χ1v) is 19.7. The highest BCUT2D eigenvalue weighted by Gasteiger charge is 2.28. The molecule has 0 radical (unpaired) electrons. The van der Waals surface area contributed by atoms with Crippen molar-refractivity contribution in [2.45, 2.75) is 44.6 Å². The zero-order valence-corrected chi connectivity index (χ0v) is 33.1. The van der Waals surface area contributed by atoms with Crippen LogP contribution < -0.4 is 30.9 Å². The second kappa shape index (κ2) is 17.5. The molecule has 1 aromatic heterocycles. The van der Waals surface area contributed by atoms with Gasteiger partial charge in [-0.05, 0) is 103 Å². The minimum atomic E-state index is -0.398. The number of Topliss-reactive ketones (excluding diaryl/α,β-unsaturated/α-hetero) is 1. The maximum absolute atomic E-state index is 13.4. The van der Waals surface area contributed by atoms with Crippen LogP contribution in [0.1, 0.15) is 54.4 Å². The van der Waals surface area contributed by atoms with Gasteiger partial charge in [-0.3, -0.25) is 29.4 Å². The predicted molar refractivity (Wildman–Crippen MR) is 219 cm³/mol. The number of para-hydroxylation sites is 1. The Morgan fingerprint density at radius 3 is 2.38 bits per heavy atom. The third-order valence-electron chi connectivity index (χ3n) is 10.6. The van der Waals surface area contributed by atoms with Crippen LogP contribution in [0.15, 0.2) is 77.4 Å². The number of likely N-dealkylation sites (tertiary alicyclic amines) is 1. The van der Waals surface area contributed by atoms with E-state index in [1.165, 1.54) is 12.5 Å². The van der Waals surface area contributed by atoms with Gasteiger partial charge in [0, 0.05) is 61.8 Å². The summed E-state index contributed by atoms with van der Waals surface area (Å²) in [6.45, 7) is 6.40. The summed E-state index contributed by atoms with van der Waals surface area (Å²) in [5.41, 5.74) is 5.04. The van der Waals surface area contributed by atoms with Crippen LogP contribution in [0.4, 0.5) is 34.5 Å². The Hall–Kier alpha value is -5.54. The lowest BCUT2D eigenvalue weighted by atomic mass is 9.89. The van der Waals surface area contributed by atoms with E-state index in [9.17, 15) is 19.2 Å². The number of ketones is 1. The highest BCUT2D eigenvalue weighted by Crippen LogP contribution is 2.34. The van der Waals surface area contributed by atoms with Crippen molar-refractivity contribution in [3.63, 3.8) is 0 Å². The van der Waals surface area contributed by atoms with Gasteiger partial charge in [0.05, 0.1) is 29.5 Å². The molecular weight excluding hydrogens is 778 g/mol. The third kappa shape index (κ3) is 9.28. The topological polar surface area (TPSA) is 161 Å². The van der Waals surface area contributed by atoms with Gasteiger partial charge in [0.15, 0.2) is 5.78 Å². The quantitative estimate of drug-likeness (QED) is 0.102. The number of hydrogen-bond acceptors (Lipinski definition) is 12. The number of aromatic nitrogens is 2. The number of carbonyl (C=O) groups is 4. The summed E-state index contributed by atoms with van der Waals surface area (Å²) in [4.78, 5) is 64.6. The van der Waals surface area contributed by atoms with E-state index >= 15 is 0 Å². The van der Waals surface area contributed by atoms with Gasteiger partial charge in [-0.15, -0.1) is 0 Å². The number of piperidine rings is 2. The van der Waals surface area contributed by atoms with Gasteiger partial charge in [-0.25, -0.2) is 4.98 Å². The smallest absolute Gasteiger partial charge is 0.249 e. The number of rotatable bonds is 12. The highest BCUT2D eigenvalue weighted by atomic mass is 79.9. The largest absolute Gasteiger partial charge is 0.494 e. The molecule has 3 aliphatic heterocycles. The van der Waals surface area contributed by atoms with Gasteiger partial charge in [0.25, 0.3) is 0 Å². The minimum Gasteiger partial charge on any atom is -0.494 e. The van der Waals surface area contributed by atoms with E-state index in [0.29, 0.717) is 90.4 Å². The van der Waals surface area contributed by atoms with Crippen molar-refractivity contribution in [3.05, 3.63) is 88.5 Å². The number of benzene rings is 3. The number of methoxy groups -OCH3 is 1. The van der Waals surface area contributed by atoms with E-state index in [2.05, 4.69) is 69.1 Å². The maximum atomic E-state index is 13.4. The Bertz CT molecular complexity index is 2080. The third-order valence-corrected chi connectivity index (χ3v) is 11.2. The molecule has 4 aromatic rings. The first-order valence-electron chi connectivity index (χ1n) is 18.9. The molecule has 4 heterocycles. The van der Waals surface area contributed by atoms with Crippen LogP contribution in [-0.4, -0.2) is 102 Å². The highest BCUT2D eigenvalue weighted by molar-refractivity contribution is 9.10. The minimum absolute atomic E-state index is 0.0495. The Balaban J connectivity index is 0.876. The number of anilines is 6. The Morgan fingerprint density at radius 1 is 0.911 bits per heavy atom. The molecule has 14 nitrogen and oxygen atoms in total. The molecule has 292 valence electrons. The van der Waals surface area contributed by atoms with E-state index in [0.717, 1.165) is 37.3 Å². The second-order valence-corrected chi connectivity index (χ2v) is 15.2. The van der Waals surface area contributed by atoms with Crippen LogP contribution in [0.25, 0.3) is 0 Å². The molecule has 0 spiro atoms. The van der Waals surface area contributed by atoms with E-state index < -0.39 is 6.04 Å². The van der Waals surface area contributed by atoms with Gasteiger partial charge < -0.3 is 30.5 Å². The molecule has 0 aliphatic carbocycles. The molecule has 4 N–H and O–H groups in total. The van der Waals surface area contributed by atoms with Gasteiger partial charge in [-0.2, -0.15) is 4.98 Å². The average molecular weight is 825 g/mol. The zero-order valence-electron chi connectivity index (χ0n) is 31.5. The number of ether oxygens (including phenoxy) is 1. The van der Waals surface area contributed by atoms with Crippen LogP contribution in [0, 0.1) is 0 Å². The van der Waals surface area contributed by atoms with Crippen molar-refractivity contribution in [2.24, 2.45) is 0 Å². The van der Waals surface area contributed by atoms with Crippen molar-refractivity contribution >= 4 is 74.0 Å². The molecule has 1 atom stereocenters. The lowest BCUT2D eigenvalue weighted by Crippen LogP contribution is -2.51. The fourth-order valence-corrected chi connectivity index (χ4v) is 7.75. The number of hydrogen-bond donors (Lipinski definition) is 4. The molecule has 3 aliphatic rings. The van der Waals surface area contributed by atoms with Gasteiger partial charge >= 0.3 is 0 Å². The lowest BCUT2D eigenvalue weighted by molar-refractivity contribution is -0.134. The van der Waals surface area contributed by atoms with Crippen molar-refractivity contribution < 1.29 is 23.9 Å². The molecule has 3 saturated heterocycles. The number of imide groups is 1. The molecular formula is C41H46BrN9O5. The molecule has 0 saturated carbocycles. The molecule has 3 fully saturated rings. The molecule has 15 heteroatoms. The number of amides is 3. The Labute approximate surface area is 334 Å². The predicted octanol–water partition coefficient (Wildman–Crippen LogP) is 5.68. The number of piperazine rings is 1. The number of nitrogens with one attached hydrogen (secondary N) is 4. The number of carbonyl (C=O) groups excluding carboxylic acids is 4. The van der Waals surface area contributed by atoms with E-state index in [1.807, 2.05) is 53.4 Å². The van der Waals surface area contributed by atoms with Crippen LogP contribution in [0.2, 0.25) is 0 Å². The van der Waals surface area contributed by atoms with Crippen LogP contribution >= 0.6 is 15.9 Å². The number of nitrogens with zero attached hydrogens (tertiary/aromatic N) is 5. The number of halogens is 1. The lowest BCUT2D eigenvalue weighted by Gasteiger charge is -2.38. The van der Waals surface area contributed by atoms with Crippen LogP contribution in [0.5, 0.6) is 5.75 Å². The van der Waals surface area contributed by atoms with E-state index in [-0.39, 0.29) is 23.5 Å². The van der Waals surface area contributed by atoms with Crippen molar-refractivity contribution in [1.82, 2.24) is 25.1 Å². The molecule has 56 heavy (non-hydrogen) atoms. The summed E-state index contributed by atoms with van der Waals surface area (Å²) in [5.74, 6) is 1.54. The summed E-state index contributed by atoms with van der Waals surface area (Å²) < 4.78 is 6.40. The fourth-order valence-electron chi connectivity index (χ4n) is 7.46. The fraction of sp³-hybridized carbons (Fsp3) is 0.366. The monoisotopic (exact) mass is 823 g/mol. The SMILES string of the molecule is COc1cc(N2CCN(C(=O)CN3CCC(c4ccc(NC5CCC(=O)NC5=O)cc4)CC3)CC2)ccc1Nc1ncc(Br)c(Nc2ccccc2C(C)=O)n1. The molecule has 0 bridgehead atoms. The van der Waals surface area contributed by atoms with E-state index in [4.69, 9.17) is 4.74 Å². The van der Waals surface area contributed by atoms with Gasteiger partial charge in [0.2, 0.25) is 23.7 Å². The zero-order chi connectivity index (χ0) is 39.2. The molecule has 1 unspecified atom stereocenters. The molecule has 3 aromatic carbocycles. The van der Waals surface area contributed by atoms with Crippen molar-refractivity contribution in [3.8, 4) is 5.75 Å². The van der Waals surface area contributed by atoms with Crippen molar-refractivity contribution in [2.75, 3.05) is 73.8 Å². The molecule has 7 rings (SSSR count). The Morgan fingerprint density at radius 2 is 1.66 bits per heavy atom. The summed E-state index contributed by atoms with van der Waals surface area (Å²) in [5, 5.41) is 12.1. The van der Waals surface area contributed by atoms with Crippen molar-refractivity contribution in [1.29, 1.82) is 0 Å². The summed E-state index contributed by atoms with van der Waals surface area (Å²) >= 11 is 3.51. The normalized spacial score (nSPS) is 17.9. The summed E-state index contributed by atoms with van der Waals surface area (Å²) in [6, 6.07) is 21.1. The van der Waals surface area contributed by atoms with Gasteiger partial charge in [-0.1, -0.05) is 24.3 Å². The Kier molecular flexibility index (Phi) is 12.1. The van der Waals surface area contributed by atoms with E-state index in [1.54, 1.807) is 19.4 Å². The average Bonchev–Trinajstić information content (AvgIpc) is 3.21. The van der Waals surface area contributed by atoms with Crippen LogP contribution in [-0.2, 0) is 14.4 Å². The van der Waals surface area contributed by atoms with Crippen LogP contribution in [0.3, 0.4) is 0 Å².